The minimum Gasteiger partial charge on any atom is -0.481 e. The van der Waals surface area contributed by atoms with E-state index in [4.69, 9.17) is 5.11 Å². The first-order valence-corrected chi connectivity index (χ1v) is 7.11. The molecule has 5 nitrogen and oxygen atoms in total. The van der Waals surface area contributed by atoms with E-state index in [1.807, 2.05) is 19.1 Å². The molecule has 0 aliphatic carbocycles. The van der Waals surface area contributed by atoms with E-state index in [0.717, 1.165) is 10.0 Å². The maximum absolute atomic E-state index is 11.8. The van der Waals surface area contributed by atoms with Crippen molar-refractivity contribution in [1.82, 2.24) is 5.32 Å². The molecule has 0 aromatic heterocycles. The lowest BCUT2D eigenvalue weighted by molar-refractivity contribution is -0.147. The Morgan fingerprint density at radius 2 is 2.00 bits per heavy atom. The maximum Gasteiger partial charge on any atom is 0.319 e. The highest BCUT2D eigenvalue weighted by Gasteiger charge is 2.31. The molecule has 0 spiro atoms. The highest BCUT2D eigenvalue weighted by molar-refractivity contribution is 9.10. The molecule has 0 fully saturated rings. The molecule has 0 radical (unpaired) electrons. The molecule has 1 aromatic rings. The highest BCUT2D eigenvalue weighted by Crippen LogP contribution is 2.21. The Hall–Kier alpha value is -1.56. The molecule has 1 unspecified atom stereocenters. The quantitative estimate of drug-likeness (QED) is 0.767. The van der Waals surface area contributed by atoms with Crippen LogP contribution in [-0.2, 0) is 4.79 Å². The van der Waals surface area contributed by atoms with E-state index in [-0.39, 0.29) is 6.54 Å². The Labute approximate surface area is 126 Å². The molecule has 110 valence electrons. The third-order valence-corrected chi connectivity index (χ3v) is 3.69. The molecule has 1 atom stereocenters. The summed E-state index contributed by atoms with van der Waals surface area (Å²) in [5.41, 5.74) is 0.714. The fourth-order valence-corrected chi connectivity index (χ4v) is 2.22. The van der Waals surface area contributed by atoms with Crippen molar-refractivity contribution >= 4 is 33.6 Å². The van der Waals surface area contributed by atoms with Gasteiger partial charge in [0, 0.05) is 16.7 Å². The number of benzene rings is 1. The molecule has 2 amide bonds. The van der Waals surface area contributed by atoms with Crippen LogP contribution in [0.4, 0.5) is 10.5 Å². The molecule has 0 heterocycles. The van der Waals surface area contributed by atoms with E-state index in [0.29, 0.717) is 12.1 Å². The molecule has 0 saturated carbocycles. The summed E-state index contributed by atoms with van der Waals surface area (Å²) >= 11 is 3.35. The Kier molecular flexibility index (Phi) is 5.56. The van der Waals surface area contributed by atoms with Crippen molar-refractivity contribution in [3.63, 3.8) is 0 Å². The number of halogens is 1. The largest absolute Gasteiger partial charge is 0.481 e. The lowest BCUT2D eigenvalue weighted by atomic mass is 9.88. The second-order valence-corrected chi connectivity index (χ2v) is 5.96. The normalized spacial score (nSPS) is 13.4. The van der Waals surface area contributed by atoms with Gasteiger partial charge in [0.25, 0.3) is 0 Å². The Balaban J connectivity index is 2.62. The molecule has 1 aromatic carbocycles. The zero-order valence-corrected chi connectivity index (χ0v) is 13.4. The zero-order chi connectivity index (χ0) is 15.3. The molecular formula is C14H19BrN2O3. The SMILES string of the molecule is CCC(C)(CNC(=O)Nc1cc(C)cc(Br)c1)C(=O)O. The first-order valence-electron chi connectivity index (χ1n) is 6.32. The number of carboxylic acids is 1. The number of urea groups is 1. The molecule has 6 heteroatoms. The summed E-state index contributed by atoms with van der Waals surface area (Å²) in [6.45, 7) is 5.40. The van der Waals surface area contributed by atoms with Crippen molar-refractivity contribution in [1.29, 1.82) is 0 Å². The maximum atomic E-state index is 11.8. The minimum atomic E-state index is -0.954. The van der Waals surface area contributed by atoms with Crippen molar-refractivity contribution in [2.24, 2.45) is 5.41 Å². The van der Waals surface area contributed by atoms with Crippen LogP contribution in [0.25, 0.3) is 0 Å². The minimum absolute atomic E-state index is 0.0810. The van der Waals surface area contributed by atoms with Gasteiger partial charge in [-0.2, -0.15) is 0 Å². The number of hydrogen-bond acceptors (Lipinski definition) is 2. The summed E-state index contributed by atoms with van der Waals surface area (Å²) in [5.74, 6) is -0.918. The smallest absolute Gasteiger partial charge is 0.319 e. The number of hydrogen-bond donors (Lipinski definition) is 3. The summed E-state index contributed by atoms with van der Waals surface area (Å²) in [6.07, 6.45) is 0.443. The van der Waals surface area contributed by atoms with Crippen LogP contribution in [0, 0.1) is 12.3 Å². The summed E-state index contributed by atoms with van der Waals surface area (Å²) in [5, 5.41) is 14.4. The topological polar surface area (TPSA) is 78.4 Å². The number of rotatable bonds is 5. The zero-order valence-electron chi connectivity index (χ0n) is 11.8. The van der Waals surface area contributed by atoms with E-state index in [1.165, 1.54) is 0 Å². The van der Waals surface area contributed by atoms with Crippen molar-refractivity contribution in [3.8, 4) is 0 Å². The van der Waals surface area contributed by atoms with E-state index < -0.39 is 17.4 Å². The first-order chi connectivity index (χ1) is 9.26. The highest BCUT2D eigenvalue weighted by atomic mass is 79.9. The van der Waals surface area contributed by atoms with Crippen LogP contribution in [0.2, 0.25) is 0 Å². The number of amides is 2. The van der Waals surface area contributed by atoms with Gasteiger partial charge in [0.2, 0.25) is 0 Å². The van der Waals surface area contributed by atoms with Crippen LogP contribution in [0.5, 0.6) is 0 Å². The average Bonchev–Trinajstić information content (AvgIpc) is 2.34. The molecule has 0 aliphatic heterocycles. The Morgan fingerprint density at radius 1 is 1.35 bits per heavy atom. The van der Waals surface area contributed by atoms with Gasteiger partial charge in [0.05, 0.1) is 5.41 Å². The van der Waals surface area contributed by atoms with Crippen molar-refractivity contribution < 1.29 is 14.7 Å². The fourth-order valence-electron chi connectivity index (χ4n) is 1.61. The van der Waals surface area contributed by atoms with Gasteiger partial charge >= 0.3 is 12.0 Å². The molecule has 0 bridgehead atoms. The van der Waals surface area contributed by atoms with Crippen LogP contribution < -0.4 is 10.6 Å². The number of carbonyl (C=O) groups excluding carboxylic acids is 1. The Morgan fingerprint density at radius 3 is 2.50 bits per heavy atom. The van der Waals surface area contributed by atoms with Gasteiger partial charge in [-0.1, -0.05) is 22.9 Å². The fraction of sp³-hybridized carbons (Fsp3) is 0.429. The molecule has 0 saturated heterocycles. The summed E-state index contributed by atoms with van der Waals surface area (Å²) in [4.78, 5) is 22.9. The molecule has 0 aliphatic rings. The van der Waals surface area contributed by atoms with Crippen LogP contribution in [0.3, 0.4) is 0 Å². The number of carboxylic acid groups (broad SMARTS) is 1. The van der Waals surface area contributed by atoms with Gasteiger partial charge in [-0.25, -0.2) is 4.79 Å². The number of aryl methyl sites for hydroxylation is 1. The van der Waals surface area contributed by atoms with E-state index >= 15 is 0 Å². The van der Waals surface area contributed by atoms with Crippen molar-refractivity contribution in [2.45, 2.75) is 27.2 Å². The van der Waals surface area contributed by atoms with Gasteiger partial charge in [-0.15, -0.1) is 0 Å². The van der Waals surface area contributed by atoms with E-state index in [2.05, 4.69) is 26.6 Å². The van der Waals surface area contributed by atoms with Crippen LogP contribution in [-0.4, -0.2) is 23.7 Å². The molecular weight excluding hydrogens is 324 g/mol. The van der Waals surface area contributed by atoms with Crippen LogP contribution in [0.1, 0.15) is 25.8 Å². The van der Waals surface area contributed by atoms with Gasteiger partial charge < -0.3 is 15.7 Å². The van der Waals surface area contributed by atoms with Gasteiger partial charge in [-0.05, 0) is 44.0 Å². The van der Waals surface area contributed by atoms with Crippen molar-refractivity contribution in [2.75, 3.05) is 11.9 Å². The molecule has 1 rings (SSSR count). The van der Waals surface area contributed by atoms with Gasteiger partial charge in [-0.3, -0.25) is 4.79 Å². The standard InChI is InChI=1S/C14H19BrN2O3/c1-4-14(3,12(18)19)8-16-13(20)17-11-6-9(2)5-10(15)7-11/h5-7H,4,8H2,1-3H3,(H,18,19)(H2,16,17,20). The average molecular weight is 343 g/mol. The lowest BCUT2D eigenvalue weighted by Crippen LogP contribution is -2.42. The first kappa shape index (κ1) is 16.5. The number of anilines is 1. The lowest BCUT2D eigenvalue weighted by Gasteiger charge is -2.23. The third kappa shape index (κ3) is 4.52. The Bertz CT molecular complexity index is 499. The molecule has 20 heavy (non-hydrogen) atoms. The van der Waals surface area contributed by atoms with Gasteiger partial charge in [0.15, 0.2) is 0 Å². The monoisotopic (exact) mass is 342 g/mol. The summed E-state index contributed by atoms with van der Waals surface area (Å²) < 4.78 is 0.872. The van der Waals surface area contributed by atoms with Crippen LogP contribution in [0.15, 0.2) is 22.7 Å². The van der Waals surface area contributed by atoms with E-state index in [1.54, 1.807) is 19.9 Å². The summed E-state index contributed by atoms with van der Waals surface area (Å²) in [7, 11) is 0. The summed E-state index contributed by atoms with van der Waals surface area (Å²) in [6, 6.07) is 5.13. The number of aliphatic carboxylic acids is 1. The molecule has 3 N–H and O–H groups in total. The predicted octanol–water partition coefficient (Wildman–Crippen LogP) is 3.38. The third-order valence-electron chi connectivity index (χ3n) is 3.24. The van der Waals surface area contributed by atoms with Crippen LogP contribution >= 0.6 is 15.9 Å². The predicted molar refractivity (Wildman–Crippen MR) is 81.9 cm³/mol. The second kappa shape index (κ2) is 6.74. The van der Waals surface area contributed by atoms with E-state index in [9.17, 15) is 9.59 Å². The number of carbonyl (C=O) groups is 2. The van der Waals surface area contributed by atoms with Gasteiger partial charge in [0.1, 0.15) is 0 Å². The number of nitrogens with one attached hydrogen (secondary N) is 2. The second-order valence-electron chi connectivity index (χ2n) is 5.04. The van der Waals surface area contributed by atoms with Crippen molar-refractivity contribution in [3.05, 3.63) is 28.2 Å².